The third kappa shape index (κ3) is 4.01. The van der Waals surface area contributed by atoms with Gasteiger partial charge in [0.15, 0.2) is 0 Å². The van der Waals surface area contributed by atoms with Crippen LogP contribution in [0.5, 0.6) is 0 Å². The molecule has 2 aliphatic carbocycles. The van der Waals surface area contributed by atoms with Crippen LogP contribution >= 0.6 is 0 Å². The lowest BCUT2D eigenvalue weighted by Gasteiger charge is -2.21. The van der Waals surface area contributed by atoms with E-state index < -0.39 is 0 Å². The highest BCUT2D eigenvalue weighted by Gasteiger charge is 2.13. The van der Waals surface area contributed by atoms with Gasteiger partial charge in [-0.15, -0.1) is 0 Å². The van der Waals surface area contributed by atoms with E-state index in [1.807, 2.05) is 13.8 Å². The fourth-order valence-electron chi connectivity index (χ4n) is 2.41. The first-order valence-corrected chi connectivity index (χ1v) is 7.43. The van der Waals surface area contributed by atoms with Crippen LogP contribution in [0.2, 0.25) is 0 Å². The Kier molecular flexibility index (Phi) is 6.18. The summed E-state index contributed by atoms with van der Waals surface area (Å²) < 4.78 is 0. The summed E-state index contributed by atoms with van der Waals surface area (Å²) in [6.45, 7) is 10.8. The minimum absolute atomic E-state index is 0.709. The van der Waals surface area contributed by atoms with Crippen LogP contribution in [0.3, 0.4) is 0 Å². The topological polar surface area (TPSA) is 0 Å². The van der Waals surface area contributed by atoms with E-state index in [4.69, 9.17) is 0 Å². The van der Waals surface area contributed by atoms with Gasteiger partial charge in [-0.1, -0.05) is 63.1 Å². The van der Waals surface area contributed by atoms with Crippen molar-refractivity contribution < 1.29 is 0 Å². The first-order valence-electron chi connectivity index (χ1n) is 7.43. The smallest absolute Gasteiger partial charge is 0.0239 e. The second kappa shape index (κ2) is 7.41. The molecule has 0 fully saturated rings. The first-order chi connectivity index (χ1) is 8.66. The van der Waals surface area contributed by atoms with Crippen molar-refractivity contribution >= 4 is 0 Å². The quantitative estimate of drug-likeness (QED) is 0.560. The molecule has 0 spiro atoms. The Morgan fingerprint density at radius 2 is 1.33 bits per heavy atom. The second-order valence-corrected chi connectivity index (χ2v) is 5.29. The fraction of sp³-hybridized carbons (Fsp3) is 0.556. The SMILES string of the molecule is CC.CC1=CC=C(C2=CC=C(C(C)C)CC2)CC1. The third-order valence-electron chi connectivity index (χ3n) is 3.69. The normalized spacial score (nSPS) is 19.2. The van der Waals surface area contributed by atoms with Crippen LogP contribution in [-0.2, 0) is 0 Å². The number of hydrogen-bond donors (Lipinski definition) is 0. The summed E-state index contributed by atoms with van der Waals surface area (Å²) >= 11 is 0. The number of rotatable bonds is 2. The maximum absolute atomic E-state index is 2.35. The summed E-state index contributed by atoms with van der Waals surface area (Å²) in [6, 6.07) is 0. The van der Waals surface area contributed by atoms with E-state index >= 15 is 0 Å². The molecular formula is C18H28. The molecule has 0 N–H and O–H groups in total. The van der Waals surface area contributed by atoms with Crippen LogP contribution in [0.4, 0.5) is 0 Å². The van der Waals surface area contributed by atoms with Crippen LogP contribution in [0, 0.1) is 5.92 Å². The van der Waals surface area contributed by atoms with Crippen molar-refractivity contribution in [2.75, 3.05) is 0 Å². The van der Waals surface area contributed by atoms with Crippen molar-refractivity contribution in [1.29, 1.82) is 0 Å². The average Bonchev–Trinajstić information content (AvgIpc) is 2.42. The molecule has 0 unspecified atom stereocenters. The second-order valence-electron chi connectivity index (χ2n) is 5.29. The molecule has 0 nitrogen and oxygen atoms in total. The summed E-state index contributed by atoms with van der Waals surface area (Å²) in [5, 5.41) is 0. The van der Waals surface area contributed by atoms with Crippen LogP contribution in [0.1, 0.15) is 60.3 Å². The zero-order valence-corrected chi connectivity index (χ0v) is 12.7. The molecular weight excluding hydrogens is 216 g/mol. The maximum atomic E-state index is 2.35. The van der Waals surface area contributed by atoms with E-state index in [1.54, 1.807) is 16.7 Å². The van der Waals surface area contributed by atoms with E-state index in [9.17, 15) is 0 Å². The highest BCUT2D eigenvalue weighted by molar-refractivity contribution is 5.42. The Hall–Kier alpha value is -1.04. The molecule has 0 aromatic carbocycles. The van der Waals surface area contributed by atoms with Crippen molar-refractivity contribution in [3.05, 3.63) is 46.6 Å². The molecule has 0 amide bonds. The van der Waals surface area contributed by atoms with Crippen molar-refractivity contribution in [3.63, 3.8) is 0 Å². The molecule has 100 valence electrons. The molecule has 0 radical (unpaired) electrons. The predicted octanol–water partition coefficient (Wildman–Crippen LogP) is 5.98. The molecule has 0 atom stereocenters. The molecule has 2 rings (SSSR count). The Bertz CT molecular complexity index is 386. The average molecular weight is 244 g/mol. The van der Waals surface area contributed by atoms with Gasteiger partial charge in [0.2, 0.25) is 0 Å². The van der Waals surface area contributed by atoms with Crippen LogP contribution in [0.25, 0.3) is 0 Å². The summed E-state index contributed by atoms with van der Waals surface area (Å²) in [5.74, 6) is 0.709. The van der Waals surface area contributed by atoms with Gasteiger partial charge < -0.3 is 0 Å². The lowest BCUT2D eigenvalue weighted by molar-refractivity contribution is 0.698. The van der Waals surface area contributed by atoms with Gasteiger partial charge in [0.05, 0.1) is 0 Å². The molecule has 0 bridgehead atoms. The fourth-order valence-corrected chi connectivity index (χ4v) is 2.41. The molecule has 0 heteroatoms. The Morgan fingerprint density at radius 3 is 1.72 bits per heavy atom. The minimum Gasteiger partial charge on any atom is -0.0730 e. The van der Waals surface area contributed by atoms with Gasteiger partial charge in [-0.2, -0.15) is 0 Å². The number of allylic oxidation sites excluding steroid dienone is 8. The highest BCUT2D eigenvalue weighted by atomic mass is 14.2. The Balaban J connectivity index is 0.000000771. The molecule has 0 heterocycles. The van der Waals surface area contributed by atoms with Gasteiger partial charge >= 0.3 is 0 Å². The predicted molar refractivity (Wildman–Crippen MR) is 82.7 cm³/mol. The minimum atomic E-state index is 0.709. The van der Waals surface area contributed by atoms with E-state index in [0.717, 1.165) is 0 Å². The summed E-state index contributed by atoms with van der Waals surface area (Å²) in [6.07, 6.45) is 14.3. The van der Waals surface area contributed by atoms with Crippen LogP contribution < -0.4 is 0 Å². The molecule has 2 aliphatic rings. The Morgan fingerprint density at radius 1 is 0.778 bits per heavy atom. The zero-order chi connectivity index (χ0) is 13.5. The summed E-state index contributed by atoms with van der Waals surface area (Å²) in [5.41, 5.74) is 6.24. The molecule has 0 saturated heterocycles. The van der Waals surface area contributed by atoms with Gasteiger partial charge in [0.25, 0.3) is 0 Å². The lowest BCUT2D eigenvalue weighted by atomic mass is 9.85. The van der Waals surface area contributed by atoms with Gasteiger partial charge in [-0.05, 0) is 49.7 Å². The molecule has 0 aromatic rings. The first kappa shape index (κ1) is 15.0. The van der Waals surface area contributed by atoms with E-state index in [0.29, 0.717) is 5.92 Å². The summed E-state index contributed by atoms with van der Waals surface area (Å²) in [7, 11) is 0. The maximum Gasteiger partial charge on any atom is -0.0239 e. The van der Waals surface area contributed by atoms with Crippen molar-refractivity contribution in [3.8, 4) is 0 Å². The standard InChI is InChI=1S/C16H22.C2H6/c1-12(2)14-8-10-16(11-9-14)15-6-4-13(3)5-7-15;1-2/h4,6,8,10,12H,5,7,9,11H2,1-3H3;1-2H3. The van der Waals surface area contributed by atoms with Crippen molar-refractivity contribution in [2.24, 2.45) is 5.92 Å². The van der Waals surface area contributed by atoms with Crippen LogP contribution in [-0.4, -0.2) is 0 Å². The van der Waals surface area contributed by atoms with Crippen molar-refractivity contribution in [1.82, 2.24) is 0 Å². The molecule has 0 saturated carbocycles. The van der Waals surface area contributed by atoms with Gasteiger partial charge in [-0.25, -0.2) is 0 Å². The lowest BCUT2D eigenvalue weighted by Crippen LogP contribution is -2.02. The monoisotopic (exact) mass is 244 g/mol. The molecule has 18 heavy (non-hydrogen) atoms. The Labute approximate surface area is 113 Å². The van der Waals surface area contributed by atoms with E-state index in [-0.39, 0.29) is 0 Å². The third-order valence-corrected chi connectivity index (χ3v) is 3.69. The molecule has 0 aromatic heterocycles. The summed E-state index contributed by atoms with van der Waals surface area (Å²) in [4.78, 5) is 0. The largest absolute Gasteiger partial charge is 0.0730 e. The van der Waals surface area contributed by atoms with Gasteiger partial charge in [0, 0.05) is 0 Å². The van der Waals surface area contributed by atoms with E-state index in [2.05, 4.69) is 45.1 Å². The highest BCUT2D eigenvalue weighted by Crippen LogP contribution is 2.32. The number of hydrogen-bond acceptors (Lipinski definition) is 0. The van der Waals surface area contributed by atoms with Crippen molar-refractivity contribution in [2.45, 2.75) is 60.3 Å². The van der Waals surface area contributed by atoms with E-state index in [1.165, 1.54) is 31.3 Å². The van der Waals surface area contributed by atoms with Gasteiger partial charge in [0.1, 0.15) is 0 Å². The molecule has 0 aliphatic heterocycles. The van der Waals surface area contributed by atoms with Crippen LogP contribution in [0.15, 0.2) is 46.6 Å². The van der Waals surface area contributed by atoms with Gasteiger partial charge in [-0.3, -0.25) is 0 Å². The zero-order valence-electron chi connectivity index (χ0n) is 12.7.